The number of halogens is 2. The molecule has 1 aromatic carbocycles. The average molecular weight is 366 g/mol. The molecule has 0 amide bonds. The Morgan fingerprint density at radius 2 is 2.19 bits per heavy atom. The standard InChI is InChI=1S/C15H13BrFN3S/c1-15(11-5-9(16)3-4-12(11)17)6-13-10(7-18-8-19-13)14(20-15)21-2/h3-5,7-8H,6H2,1-2H3. The first kappa shape index (κ1) is 14.7. The fourth-order valence-corrected chi connectivity index (χ4v) is 3.59. The van der Waals surface area contributed by atoms with Gasteiger partial charge in [-0.2, -0.15) is 0 Å². The number of nitrogens with zero attached hydrogens (tertiary/aromatic N) is 3. The molecule has 0 bridgehead atoms. The van der Waals surface area contributed by atoms with Crippen molar-refractivity contribution < 1.29 is 4.39 Å². The lowest BCUT2D eigenvalue weighted by atomic mass is 9.84. The van der Waals surface area contributed by atoms with Crippen molar-refractivity contribution in [1.29, 1.82) is 0 Å². The highest BCUT2D eigenvalue weighted by molar-refractivity contribution is 9.10. The third-order valence-electron chi connectivity index (χ3n) is 3.59. The quantitative estimate of drug-likeness (QED) is 0.767. The minimum atomic E-state index is -0.659. The van der Waals surface area contributed by atoms with Gasteiger partial charge in [0.2, 0.25) is 0 Å². The number of thioether (sulfide) groups is 1. The van der Waals surface area contributed by atoms with Crippen molar-refractivity contribution in [2.24, 2.45) is 4.99 Å². The van der Waals surface area contributed by atoms with Crippen LogP contribution in [0.4, 0.5) is 4.39 Å². The predicted molar refractivity (Wildman–Crippen MR) is 87.2 cm³/mol. The van der Waals surface area contributed by atoms with E-state index in [0.717, 1.165) is 20.8 Å². The summed E-state index contributed by atoms with van der Waals surface area (Å²) in [7, 11) is 0. The van der Waals surface area contributed by atoms with Gasteiger partial charge in [0, 0.05) is 28.2 Å². The molecule has 0 radical (unpaired) electrons. The van der Waals surface area contributed by atoms with E-state index < -0.39 is 5.54 Å². The van der Waals surface area contributed by atoms with Crippen LogP contribution >= 0.6 is 27.7 Å². The molecule has 21 heavy (non-hydrogen) atoms. The summed E-state index contributed by atoms with van der Waals surface area (Å²) in [4.78, 5) is 13.2. The van der Waals surface area contributed by atoms with Gasteiger partial charge in [-0.1, -0.05) is 15.9 Å². The summed E-state index contributed by atoms with van der Waals surface area (Å²) >= 11 is 4.94. The molecule has 1 aliphatic heterocycles. The maximum atomic E-state index is 14.3. The molecule has 1 aromatic heterocycles. The molecule has 108 valence electrons. The molecule has 1 unspecified atom stereocenters. The lowest BCUT2D eigenvalue weighted by molar-refractivity contribution is 0.451. The second kappa shape index (κ2) is 5.50. The van der Waals surface area contributed by atoms with Gasteiger partial charge in [-0.15, -0.1) is 11.8 Å². The highest BCUT2D eigenvalue weighted by Gasteiger charge is 2.35. The minimum absolute atomic E-state index is 0.248. The first-order valence-electron chi connectivity index (χ1n) is 6.42. The monoisotopic (exact) mass is 365 g/mol. The SMILES string of the molecule is CSC1=NC(C)(c2cc(Br)ccc2F)Cc2ncncc21. The van der Waals surface area contributed by atoms with Crippen LogP contribution in [0.3, 0.4) is 0 Å². The molecule has 0 saturated heterocycles. The van der Waals surface area contributed by atoms with Gasteiger partial charge in [0.05, 0.1) is 11.2 Å². The molecule has 6 heteroatoms. The zero-order valence-corrected chi connectivity index (χ0v) is 14.0. The van der Waals surface area contributed by atoms with E-state index in [2.05, 4.69) is 25.9 Å². The summed E-state index contributed by atoms with van der Waals surface area (Å²) < 4.78 is 15.1. The normalized spacial score (nSPS) is 20.9. The van der Waals surface area contributed by atoms with Crippen LogP contribution in [0, 0.1) is 5.82 Å². The Morgan fingerprint density at radius 3 is 2.95 bits per heavy atom. The van der Waals surface area contributed by atoms with Gasteiger partial charge in [0.25, 0.3) is 0 Å². The molecular formula is C15H13BrFN3S. The van der Waals surface area contributed by atoms with Gasteiger partial charge in [-0.05, 0) is 31.4 Å². The topological polar surface area (TPSA) is 38.1 Å². The Hall–Kier alpha value is -1.27. The lowest BCUT2D eigenvalue weighted by Gasteiger charge is -2.31. The van der Waals surface area contributed by atoms with Crippen LogP contribution in [0.5, 0.6) is 0 Å². The number of aliphatic imine (C=N–C) groups is 1. The van der Waals surface area contributed by atoms with Crippen molar-refractivity contribution in [2.45, 2.75) is 18.9 Å². The summed E-state index contributed by atoms with van der Waals surface area (Å²) in [5.41, 5.74) is 1.77. The number of hydrogen-bond donors (Lipinski definition) is 0. The van der Waals surface area contributed by atoms with Gasteiger partial charge in [-0.3, -0.25) is 4.99 Å². The van der Waals surface area contributed by atoms with Crippen LogP contribution < -0.4 is 0 Å². The summed E-state index contributed by atoms with van der Waals surface area (Å²) in [6.45, 7) is 1.94. The van der Waals surface area contributed by atoms with Crippen molar-refractivity contribution in [1.82, 2.24) is 9.97 Å². The molecule has 3 rings (SSSR count). The van der Waals surface area contributed by atoms with E-state index in [0.29, 0.717) is 12.0 Å². The van der Waals surface area contributed by atoms with Crippen LogP contribution in [0.25, 0.3) is 0 Å². The third kappa shape index (κ3) is 2.62. The van der Waals surface area contributed by atoms with Gasteiger partial charge < -0.3 is 0 Å². The second-order valence-electron chi connectivity index (χ2n) is 5.08. The smallest absolute Gasteiger partial charge is 0.128 e. The maximum Gasteiger partial charge on any atom is 0.128 e. The van der Waals surface area contributed by atoms with Crippen molar-refractivity contribution in [2.75, 3.05) is 6.26 Å². The van der Waals surface area contributed by atoms with Crippen molar-refractivity contribution in [3.05, 3.63) is 57.8 Å². The van der Waals surface area contributed by atoms with Gasteiger partial charge in [0.1, 0.15) is 17.2 Å². The Bertz CT molecular complexity index is 735. The van der Waals surface area contributed by atoms with Crippen LogP contribution in [0.15, 0.2) is 40.2 Å². The summed E-state index contributed by atoms with van der Waals surface area (Å²) in [6.07, 6.45) is 5.81. The Kier molecular flexibility index (Phi) is 3.84. The van der Waals surface area contributed by atoms with E-state index in [4.69, 9.17) is 4.99 Å². The van der Waals surface area contributed by atoms with Crippen LogP contribution in [0.2, 0.25) is 0 Å². The number of aromatic nitrogens is 2. The second-order valence-corrected chi connectivity index (χ2v) is 6.79. The van der Waals surface area contributed by atoms with E-state index in [1.807, 2.05) is 13.2 Å². The number of hydrogen-bond acceptors (Lipinski definition) is 4. The van der Waals surface area contributed by atoms with Crippen LogP contribution in [-0.4, -0.2) is 21.3 Å². The number of rotatable bonds is 1. The fraction of sp³-hybridized carbons (Fsp3) is 0.267. The fourth-order valence-electron chi connectivity index (χ4n) is 2.55. The Labute approximate surface area is 135 Å². The highest BCUT2D eigenvalue weighted by atomic mass is 79.9. The molecule has 0 aliphatic carbocycles. The first-order chi connectivity index (χ1) is 10.0. The Morgan fingerprint density at radius 1 is 1.38 bits per heavy atom. The van der Waals surface area contributed by atoms with E-state index in [9.17, 15) is 4.39 Å². The van der Waals surface area contributed by atoms with Gasteiger partial charge in [-0.25, -0.2) is 14.4 Å². The summed E-state index contributed by atoms with van der Waals surface area (Å²) in [5.74, 6) is -0.248. The van der Waals surface area contributed by atoms with E-state index in [1.54, 1.807) is 18.3 Å². The van der Waals surface area contributed by atoms with E-state index >= 15 is 0 Å². The molecule has 0 N–H and O–H groups in total. The van der Waals surface area contributed by atoms with E-state index in [-0.39, 0.29) is 5.82 Å². The molecule has 0 spiro atoms. The number of fused-ring (bicyclic) bond motifs is 1. The van der Waals surface area contributed by atoms with Crippen molar-refractivity contribution in [3.8, 4) is 0 Å². The minimum Gasteiger partial charge on any atom is -0.266 e. The maximum absolute atomic E-state index is 14.3. The first-order valence-corrected chi connectivity index (χ1v) is 8.44. The largest absolute Gasteiger partial charge is 0.266 e. The van der Waals surface area contributed by atoms with Crippen LogP contribution in [-0.2, 0) is 12.0 Å². The molecule has 3 nitrogen and oxygen atoms in total. The molecule has 0 saturated carbocycles. The number of benzene rings is 1. The molecule has 2 heterocycles. The summed E-state index contributed by atoms with van der Waals surface area (Å²) in [6, 6.07) is 4.96. The third-order valence-corrected chi connectivity index (χ3v) is 4.78. The van der Waals surface area contributed by atoms with Gasteiger partial charge in [0.15, 0.2) is 0 Å². The predicted octanol–water partition coefficient (Wildman–Crippen LogP) is 3.96. The molecule has 1 aliphatic rings. The van der Waals surface area contributed by atoms with Crippen molar-refractivity contribution >= 4 is 32.7 Å². The average Bonchev–Trinajstić information content (AvgIpc) is 2.48. The van der Waals surface area contributed by atoms with Crippen molar-refractivity contribution in [3.63, 3.8) is 0 Å². The van der Waals surface area contributed by atoms with Crippen LogP contribution in [0.1, 0.15) is 23.7 Å². The Balaban J connectivity index is 2.17. The lowest BCUT2D eigenvalue weighted by Crippen LogP contribution is -2.31. The zero-order valence-electron chi connectivity index (χ0n) is 11.6. The zero-order chi connectivity index (χ0) is 15.0. The molecule has 0 fully saturated rings. The molecule has 1 atom stereocenters. The highest BCUT2D eigenvalue weighted by Crippen LogP contribution is 2.38. The van der Waals surface area contributed by atoms with Gasteiger partial charge >= 0.3 is 0 Å². The molecule has 2 aromatic rings. The molecular weight excluding hydrogens is 353 g/mol. The summed E-state index contributed by atoms with van der Waals surface area (Å²) in [5, 5.41) is 0.846. The van der Waals surface area contributed by atoms with E-state index in [1.165, 1.54) is 24.2 Å².